The van der Waals surface area contributed by atoms with E-state index in [4.69, 9.17) is 0 Å². The van der Waals surface area contributed by atoms with Gasteiger partial charge in [0.25, 0.3) is 0 Å². The first kappa shape index (κ1) is 24.7. The molecule has 0 saturated heterocycles. The first-order chi connectivity index (χ1) is 14.4. The van der Waals surface area contributed by atoms with Crippen LogP contribution in [0.4, 0.5) is 0 Å². The van der Waals surface area contributed by atoms with Crippen LogP contribution >= 0.6 is 0 Å². The Morgan fingerprint density at radius 2 is 1.87 bits per heavy atom. The molecule has 3 fully saturated rings. The molecule has 0 bridgehead atoms. The fraction of sp³-hybridized carbons (Fsp3) is 0.786. The zero-order chi connectivity index (χ0) is 23.0. The largest absolute Gasteiger partial charge is 0.390 e. The highest BCUT2D eigenvalue weighted by atomic mass is 16.3. The van der Waals surface area contributed by atoms with Crippen molar-refractivity contribution >= 4 is 0 Å². The smallest absolute Gasteiger partial charge is 0.0835 e. The molecule has 0 radical (unpaired) electrons. The minimum atomic E-state index is -0.648. The molecule has 3 nitrogen and oxygen atoms in total. The Balaban J connectivity index is 1.71. The summed E-state index contributed by atoms with van der Waals surface area (Å²) >= 11 is 0. The molecule has 176 valence electrons. The van der Waals surface area contributed by atoms with E-state index in [2.05, 4.69) is 32.6 Å². The van der Waals surface area contributed by atoms with Crippen molar-refractivity contribution in [2.45, 2.75) is 110 Å². The monoisotopic (exact) mass is 430 g/mol. The molecule has 3 saturated carbocycles. The van der Waals surface area contributed by atoms with Gasteiger partial charge in [-0.1, -0.05) is 63.5 Å². The second kappa shape index (κ2) is 9.53. The molecule has 0 aromatic heterocycles. The highest BCUT2D eigenvalue weighted by molar-refractivity contribution is 5.31. The van der Waals surface area contributed by atoms with Crippen molar-refractivity contribution in [2.75, 3.05) is 0 Å². The molecule has 0 spiro atoms. The Morgan fingerprint density at radius 3 is 2.55 bits per heavy atom. The lowest BCUT2D eigenvalue weighted by atomic mass is 9.60. The zero-order valence-electron chi connectivity index (χ0n) is 20.5. The lowest BCUT2D eigenvalue weighted by Gasteiger charge is -2.44. The fourth-order valence-corrected chi connectivity index (χ4v) is 6.97. The maximum absolute atomic E-state index is 10.4. The summed E-state index contributed by atoms with van der Waals surface area (Å²) in [6.45, 7) is 14.7. The van der Waals surface area contributed by atoms with Gasteiger partial charge < -0.3 is 15.3 Å². The van der Waals surface area contributed by atoms with Gasteiger partial charge in [-0.05, 0) is 87.5 Å². The van der Waals surface area contributed by atoms with Crippen LogP contribution in [0.3, 0.4) is 0 Å². The van der Waals surface area contributed by atoms with E-state index in [0.717, 1.165) is 24.3 Å². The van der Waals surface area contributed by atoms with Crippen molar-refractivity contribution in [2.24, 2.45) is 29.1 Å². The van der Waals surface area contributed by atoms with Crippen LogP contribution in [0.15, 0.2) is 35.5 Å². The first-order valence-electron chi connectivity index (χ1n) is 12.6. The number of rotatable bonds is 6. The minimum Gasteiger partial charge on any atom is -0.390 e. The van der Waals surface area contributed by atoms with Crippen molar-refractivity contribution in [3.63, 3.8) is 0 Å². The van der Waals surface area contributed by atoms with Gasteiger partial charge in [0.1, 0.15) is 0 Å². The molecule has 3 aliphatic rings. The Bertz CT molecular complexity index is 712. The van der Waals surface area contributed by atoms with Crippen molar-refractivity contribution in [1.29, 1.82) is 0 Å². The number of aliphatic hydroxyl groups excluding tert-OH is 2. The zero-order valence-corrected chi connectivity index (χ0v) is 20.5. The molecule has 0 aliphatic heterocycles. The molecule has 7 unspecified atom stereocenters. The molecule has 7 atom stereocenters. The Kier molecular flexibility index (Phi) is 7.61. The molecular weight excluding hydrogens is 384 g/mol. The van der Waals surface area contributed by atoms with Crippen molar-refractivity contribution in [1.82, 2.24) is 0 Å². The van der Waals surface area contributed by atoms with Gasteiger partial charge in [0.2, 0.25) is 0 Å². The van der Waals surface area contributed by atoms with Crippen molar-refractivity contribution in [3.8, 4) is 0 Å². The van der Waals surface area contributed by atoms with Gasteiger partial charge in [-0.25, -0.2) is 0 Å². The molecular formula is C28H46O3. The van der Waals surface area contributed by atoms with Crippen LogP contribution in [0.1, 0.15) is 92.4 Å². The topological polar surface area (TPSA) is 60.7 Å². The van der Waals surface area contributed by atoms with Crippen molar-refractivity contribution < 1.29 is 15.3 Å². The number of allylic oxidation sites excluding steroid dienone is 3. The number of hydrogen-bond donors (Lipinski definition) is 3. The van der Waals surface area contributed by atoms with Gasteiger partial charge >= 0.3 is 0 Å². The van der Waals surface area contributed by atoms with Crippen molar-refractivity contribution in [3.05, 3.63) is 35.5 Å². The van der Waals surface area contributed by atoms with Crippen LogP contribution in [0, 0.1) is 29.1 Å². The Morgan fingerprint density at radius 1 is 1.19 bits per heavy atom. The molecule has 0 aromatic rings. The summed E-state index contributed by atoms with van der Waals surface area (Å²) in [5, 5.41) is 30.7. The summed E-state index contributed by atoms with van der Waals surface area (Å²) in [6, 6.07) is 0. The summed E-state index contributed by atoms with van der Waals surface area (Å²) < 4.78 is 0. The van der Waals surface area contributed by atoms with E-state index >= 15 is 0 Å². The van der Waals surface area contributed by atoms with Crippen LogP contribution in [0.2, 0.25) is 0 Å². The maximum Gasteiger partial charge on any atom is 0.0835 e. The number of aliphatic hydroxyl groups is 3. The summed E-state index contributed by atoms with van der Waals surface area (Å²) in [6.07, 6.45) is 13.4. The van der Waals surface area contributed by atoms with E-state index < -0.39 is 17.8 Å². The van der Waals surface area contributed by atoms with Crippen LogP contribution in [-0.4, -0.2) is 33.1 Å². The second-order valence-electron chi connectivity index (χ2n) is 11.8. The first-order valence-corrected chi connectivity index (χ1v) is 12.6. The quantitative estimate of drug-likeness (QED) is 0.456. The van der Waals surface area contributed by atoms with E-state index in [9.17, 15) is 15.3 Å². The summed E-state index contributed by atoms with van der Waals surface area (Å²) in [5.74, 6) is 2.14. The predicted molar refractivity (Wildman–Crippen MR) is 129 cm³/mol. The Hall–Kier alpha value is -0.900. The second-order valence-corrected chi connectivity index (χ2v) is 11.8. The van der Waals surface area contributed by atoms with Crippen LogP contribution < -0.4 is 0 Å². The summed E-state index contributed by atoms with van der Waals surface area (Å²) in [5.41, 5.74) is 3.09. The number of fused-ring (bicyclic) bond motifs is 1. The molecule has 3 aliphatic carbocycles. The third-order valence-corrected chi connectivity index (χ3v) is 8.98. The normalized spacial score (nSPS) is 40.4. The van der Waals surface area contributed by atoms with Gasteiger partial charge in [-0.2, -0.15) is 0 Å². The SMILES string of the molecule is C=C1C(O)CC(=CC=C2CCCC3(C)C2CCC3C(C)CCCC(C)(C)O)C(C)C1O. The average Bonchev–Trinajstić information content (AvgIpc) is 3.04. The van der Waals surface area contributed by atoms with Crippen LogP contribution in [0.25, 0.3) is 0 Å². The predicted octanol–water partition coefficient (Wildman–Crippen LogP) is 5.95. The molecule has 3 heteroatoms. The van der Waals surface area contributed by atoms with E-state index in [1.165, 1.54) is 38.5 Å². The van der Waals surface area contributed by atoms with Gasteiger partial charge in [0.05, 0.1) is 17.8 Å². The molecule has 3 N–H and O–H groups in total. The molecule has 31 heavy (non-hydrogen) atoms. The minimum absolute atomic E-state index is 0.0230. The average molecular weight is 431 g/mol. The molecule has 3 rings (SSSR count). The molecule has 0 amide bonds. The van der Waals surface area contributed by atoms with Crippen LogP contribution in [0.5, 0.6) is 0 Å². The van der Waals surface area contributed by atoms with E-state index in [1.807, 2.05) is 20.8 Å². The standard InChI is InChI=1S/C28H46O3/c1-18(9-7-15-27(4,5)31)23-13-14-24-21(10-8-16-28(23,24)6)11-12-22-17-25(29)20(3)26(30)19(22)2/h11-12,18-19,23-26,29-31H,3,7-10,13-17H2,1-2,4-6H3. The fourth-order valence-electron chi connectivity index (χ4n) is 6.97. The summed E-state index contributed by atoms with van der Waals surface area (Å²) in [7, 11) is 0. The lowest BCUT2D eigenvalue weighted by molar-refractivity contribution is 0.0596. The summed E-state index contributed by atoms with van der Waals surface area (Å²) in [4.78, 5) is 0. The van der Waals surface area contributed by atoms with Crippen LogP contribution in [-0.2, 0) is 0 Å². The van der Waals surface area contributed by atoms with Gasteiger partial charge in [-0.3, -0.25) is 0 Å². The highest BCUT2D eigenvalue weighted by Crippen LogP contribution is 2.60. The molecule has 0 heterocycles. The third-order valence-electron chi connectivity index (χ3n) is 8.98. The highest BCUT2D eigenvalue weighted by Gasteiger charge is 2.50. The third kappa shape index (κ3) is 5.37. The Labute approximate surface area is 190 Å². The van der Waals surface area contributed by atoms with Gasteiger partial charge in [0.15, 0.2) is 0 Å². The van der Waals surface area contributed by atoms with E-state index in [-0.39, 0.29) is 5.92 Å². The van der Waals surface area contributed by atoms with E-state index in [1.54, 1.807) is 5.57 Å². The van der Waals surface area contributed by atoms with Gasteiger partial charge in [-0.15, -0.1) is 0 Å². The van der Waals surface area contributed by atoms with E-state index in [0.29, 0.717) is 29.2 Å². The maximum atomic E-state index is 10.4. The number of hydrogen-bond acceptors (Lipinski definition) is 3. The molecule has 0 aromatic carbocycles. The van der Waals surface area contributed by atoms with Gasteiger partial charge in [0, 0.05) is 5.92 Å². The lowest BCUT2D eigenvalue weighted by Crippen LogP contribution is -2.36.